The second kappa shape index (κ2) is 5.45. The zero-order valence-corrected chi connectivity index (χ0v) is 15.6. The molecule has 0 atom stereocenters. The lowest BCUT2D eigenvalue weighted by Crippen LogP contribution is -2.16. The molecular formula is C21H19BrN2. The highest BCUT2D eigenvalue weighted by Crippen LogP contribution is 2.36. The Morgan fingerprint density at radius 1 is 0.875 bits per heavy atom. The number of para-hydroxylation sites is 1. The van der Waals surface area contributed by atoms with Crippen LogP contribution in [0.2, 0.25) is 0 Å². The summed E-state index contributed by atoms with van der Waals surface area (Å²) in [5.41, 5.74) is 3.63. The van der Waals surface area contributed by atoms with Crippen LogP contribution in [0.15, 0.2) is 65.3 Å². The van der Waals surface area contributed by atoms with E-state index in [1.807, 2.05) is 12.3 Å². The minimum atomic E-state index is 0.0211. The van der Waals surface area contributed by atoms with Crippen molar-refractivity contribution in [3.8, 4) is 5.82 Å². The fourth-order valence-electron chi connectivity index (χ4n) is 3.33. The van der Waals surface area contributed by atoms with Crippen LogP contribution in [0.4, 0.5) is 0 Å². The summed E-state index contributed by atoms with van der Waals surface area (Å²) in [5.74, 6) is 1.01. The third kappa shape index (κ3) is 2.35. The van der Waals surface area contributed by atoms with Gasteiger partial charge in [0, 0.05) is 27.0 Å². The quantitative estimate of drug-likeness (QED) is 0.383. The molecule has 2 heterocycles. The molecule has 2 aromatic carbocycles. The number of aromatic nitrogens is 2. The Labute approximate surface area is 150 Å². The van der Waals surface area contributed by atoms with Crippen LogP contribution in [-0.2, 0) is 5.41 Å². The molecule has 0 amide bonds. The lowest BCUT2D eigenvalue weighted by molar-refractivity contribution is 0.584. The van der Waals surface area contributed by atoms with Crippen molar-refractivity contribution in [2.24, 2.45) is 0 Å². The first kappa shape index (κ1) is 15.4. The molecule has 4 rings (SSSR count). The number of fused-ring (bicyclic) bond motifs is 3. The summed E-state index contributed by atoms with van der Waals surface area (Å²) in [4.78, 5) is 4.77. The molecule has 0 N–H and O–H groups in total. The molecule has 0 aliphatic rings. The van der Waals surface area contributed by atoms with Gasteiger partial charge in [0.15, 0.2) is 0 Å². The predicted octanol–water partition coefficient (Wildman–Crippen LogP) is 6.24. The SMILES string of the molecule is CC(C)(C)c1cccnc1-n1c2ccccc2c2ccc(Br)cc21. The van der Waals surface area contributed by atoms with E-state index in [4.69, 9.17) is 4.98 Å². The van der Waals surface area contributed by atoms with Gasteiger partial charge in [0.1, 0.15) is 5.82 Å². The average Bonchev–Trinajstić information content (AvgIpc) is 2.87. The van der Waals surface area contributed by atoms with Gasteiger partial charge in [-0.1, -0.05) is 67.0 Å². The van der Waals surface area contributed by atoms with E-state index in [1.54, 1.807) is 0 Å². The van der Waals surface area contributed by atoms with Gasteiger partial charge in [-0.3, -0.25) is 4.57 Å². The molecule has 0 spiro atoms. The summed E-state index contributed by atoms with van der Waals surface area (Å²) in [6, 6.07) is 19.2. The van der Waals surface area contributed by atoms with Crippen LogP contribution in [0.3, 0.4) is 0 Å². The maximum absolute atomic E-state index is 4.77. The third-order valence-electron chi connectivity index (χ3n) is 4.44. The number of benzene rings is 2. The first-order valence-corrected chi connectivity index (χ1v) is 8.91. The summed E-state index contributed by atoms with van der Waals surface area (Å²) in [6.07, 6.45) is 1.88. The smallest absolute Gasteiger partial charge is 0.141 e. The van der Waals surface area contributed by atoms with Crippen molar-refractivity contribution in [3.05, 3.63) is 70.8 Å². The Morgan fingerprint density at radius 2 is 1.62 bits per heavy atom. The first-order chi connectivity index (χ1) is 11.5. The number of pyridine rings is 1. The summed E-state index contributed by atoms with van der Waals surface area (Å²) >= 11 is 3.62. The Morgan fingerprint density at radius 3 is 2.42 bits per heavy atom. The second-order valence-electron chi connectivity index (χ2n) is 7.14. The molecule has 2 nitrogen and oxygen atoms in total. The topological polar surface area (TPSA) is 17.8 Å². The molecule has 2 aromatic heterocycles. The number of halogens is 1. The van der Waals surface area contributed by atoms with Gasteiger partial charge in [-0.15, -0.1) is 0 Å². The van der Waals surface area contributed by atoms with Crippen molar-refractivity contribution < 1.29 is 0 Å². The highest BCUT2D eigenvalue weighted by atomic mass is 79.9. The molecule has 0 bridgehead atoms. The molecule has 0 aliphatic carbocycles. The summed E-state index contributed by atoms with van der Waals surface area (Å²) in [6.45, 7) is 6.70. The van der Waals surface area contributed by atoms with E-state index >= 15 is 0 Å². The normalized spacial score (nSPS) is 12.2. The molecule has 3 heteroatoms. The monoisotopic (exact) mass is 378 g/mol. The van der Waals surface area contributed by atoms with E-state index in [1.165, 1.54) is 27.4 Å². The number of hydrogen-bond donors (Lipinski definition) is 0. The fourth-order valence-corrected chi connectivity index (χ4v) is 3.68. The van der Waals surface area contributed by atoms with Gasteiger partial charge < -0.3 is 0 Å². The van der Waals surface area contributed by atoms with Gasteiger partial charge in [-0.05, 0) is 29.7 Å². The maximum Gasteiger partial charge on any atom is 0.141 e. The lowest BCUT2D eigenvalue weighted by Gasteiger charge is -2.23. The van der Waals surface area contributed by atoms with Crippen LogP contribution in [0.25, 0.3) is 27.6 Å². The van der Waals surface area contributed by atoms with Crippen molar-refractivity contribution >= 4 is 37.7 Å². The summed E-state index contributed by atoms with van der Waals surface area (Å²) in [7, 11) is 0. The van der Waals surface area contributed by atoms with E-state index in [9.17, 15) is 0 Å². The number of hydrogen-bond acceptors (Lipinski definition) is 1. The van der Waals surface area contributed by atoms with E-state index in [0.717, 1.165) is 10.3 Å². The van der Waals surface area contributed by atoms with Crippen LogP contribution >= 0.6 is 15.9 Å². The predicted molar refractivity (Wildman–Crippen MR) is 105 cm³/mol. The first-order valence-electron chi connectivity index (χ1n) is 8.11. The Hall–Kier alpha value is -2.13. The standard InChI is InChI=1S/C21H19BrN2/c1-21(2,3)17-8-6-12-23-20(17)24-18-9-5-4-7-15(18)16-11-10-14(22)13-19(16)24/h4-13H,1-3H3. The van der Waals surface area contributed by atoms with Crippen molar-refractivity contribution in [3.63, 3.8) is 0 Å². The van der Waals surface area contributed by atoms with Crippen LogP contribution in [0.5, 0.6) is 0 Å². The van der Waals surface area contributed by atoms with E-state index in [0.29, 0.717) is 0 Å². The summed E-state index contributed by atoms with van der Waals surface area (Å²) in [5, 5.41) is 2.50. The molecule has 0 aliphatic heterocycles. The highest BCUT2D eigenvalue weighted by molar-refractivity contribution is 9.10. The van der Waals surface area contributed by atoms with E-state index in [2.05, 4.69) is 89.8 Å². The van der Waals surface area contributed by atoms with Crippen LogP contribution in [0, 0.1) is 0 Å². The lowest BCUT2D eigenvalue weighted by atomic mass is 9.87. The molecule has 120 valence electrons. The fraction of sp³-hybridized carbons (Fsp3) is 0.190. The summed E-state index contributed by atoms with van der Waals surface area (Å²) < 4.78 is 3.36. The zero-order chi connectivity index (χ0) is 16.9. The van der Waals surface area contributed by atoms with E-state index in [-0.39, 0.29) is 5.41 Å². The second-order valence-corrected chi connectivity index (χ2v) is 8.05. The minimum absolute atomic E-state index is 0.0211. The zero-order valence-electron chi connectivity index (χ0n) is 14.0. The van der Waals surface area contributed by atoms with Gasteiger partial charge in [-0.25, -0.2) is 4.98 Å². The van der Waals surface area contributed by atoms with Crippen molar-refractivity contribution in [2.75, 3.05) is 0 Å². The molecule has 24 heavy (non-hydrogen) atoms. The largest absolute Gasteiger partial charge is 0.294 e. The van der Waals surface area contributed by atoms with Gasteiger partial charge in [0.2, 0.25) is 0 Å². The third-order valence-corrected chi connectivity index (χ3v) is 4.94. The van der Waals surface area contributed by atoms with Gasteiger partial charge in [-0.2, -0.15) is 0 Å². The number of nitrogens with zero attached hydrogens (tertiary/aromatic N) is 2. The van der Waals surface area contributed by atoms with Crippen LogP contribution in [0.1, 0.15) is 26.3 Å². The van der Waals surface area contributed by atoms with Gasteiger partial charge in [0.05, 0.1) is 11.0 Å². The van der Waals surface area contributed by atoms with Crippen molar-refractivity contribution in [1.29, 1.82) is 0 Å². The van der Waals surface area contributed by atoms with Crippen molar-refractivity contribution in [2.45, 2.75) is 26.2 Å². The van der Waals surface area contributed by atoms with E-state index < -0.39 is 0 Å². The maximum atomic E-state index is 4.77. The number of rotatable bonds is 1. The van der Waals surface area contributed by atoms with Crippen LogP contribution in [-0.4, -0.2) is 9.55 Å². The Kier molecular flexibility index (Phi) is 3.50. The molecular weight excluding hydrogens is 360 g/mol. The van der Waals surface area contributed by atoms with Crippen LogP contribution < -0.4 is 0 Å². The molecule has 0 saturated heterocycles. The molecule has 0 unspecified atom stereocenters. The molecule has 0 radical (unpaired) electrons. The van der Waals surface area contributed by atoms with Gasteiger partial charge in [0.25, 0.3) is 0 Å². The molecule has 4 aromatic rings. The van der Waals surface area contributed by atoms with Gasteiger partial charge >= 0.3 is 0 Å². The Balaban J connectivity index is 2.20. The minimum Gasteiger partial charge on any atom is -0.294 e. The average molecular weight is 379 g/mol. The molecule has 0 saturated carbocycles. The highest BCUT2D eigenvalue weighted by Gasteiger charge is 2.22. The molecule has 0 fully saturated rings. The van der Waals surface area contributed by atoms with Crippen molar-refractivity contribution in [1.82, 2.24) is 9.55 Å². The Bertz CT molecular complexity index is 1050.